The van der Waals surface area contributed by atoms with Gasteiger partial charge in [-0.15, -0.1) is 5.10 Å². The minimum absolute atomic E-state index is 0.129. The summed E-state index contributed by atoms with van der Waals surface area (Å²) in [7, 11) is 0. The van der Waals surface area contributed by atoms with E-state index in [1.807, 2.05) is 68.4 Å². The summed E-state index contributed by atoms with van der Waals surface area (Å²) in [6, 6.07) is 17.2. The zero-order valence-electron chi connectivity index (χ0n) is 18.7. The highest BCUT2D eigenvalue weighted by atomic mass is 32.2. The Morgan fingerprint density at radius 2 is 2.06 bits per heavy atom. The fraction of sp³-hybridized carbons (Fsp3) is 0.240. The number of nitrogens with zero attached hydrogens (tertiary/aromatic N) is 3. The molecule has 33 heavy (non-hydrogen) atoms. The lowest BCUT2D eigenvalue weighted by atomic mass is 9.95. The van der Waals surface area contributed by atoms with Gasteiger partial charge in [-0.3, -0.25) is 0 Å². The average Bonchev–Trinajstić information content (AvgIpc) is 3.23. The van der Waals surface area contributed by atoms with Crippen molar-refractivity contribution < 1.29 is 14.3 Å². The van der Waals surface area contributed by atoms with Gasteiger partial charge in [0.2, 0.25) is 11.1 Å². The number of carbonyl (C=O) groups is 1. The summed E-state index contributed by atoms with van der Waals surface area (Å²) in [5.41, 5.74) is 3.08. The molecular weight excluding hydrogens is 436 g/mol. The number of ether oxygens (including phenoxy) is 2. The molecule has 0 spiro atoms. The minimum atomic E-state index is -0.502. The Morgan fingerprint density at radius 1 is 1.24 bits per heavy atom. The van der Waals surface area contributed by atoms with Crippen molar-refractivity contribution in [2.75, 3.05) is 17.7 Å². The molecule has 1 aliphatic heterocycles. The topological polar surface area (TPSA) is 78.3 Å². The number of carbonyl (C=O) groups excluding carboxylic acids is 1. The monoisotopic (exact) mass is 462 g/mol. The van der Waals surface area contributed by atoms with Crippen molar-refractivity contribution in [2.24, 2.45) is 0 Å². The summed E-state index contributed by atoms with van der Waals surface area (Å²) in [6.45, 7) is 8.11. The number of esters is 1. The lowest BCUT2D eigenvalue weighted by Gasteiger charge is -2.28. The zero-order valence-corrected chi connectivity index (χ0v) is 19.5. The molecule has 3 aromatic rings. The standard InChI is InChI=1S/C25H26N4O3S/c1-4-14-31-23(30)21-17(3)26-24-27-25(33-5-2)28-29(24)22(21)19-12-9-13-20(15-19)32-16-18-10-7-6-8-11-18/h4,6-13,15,22H,1,5,14,16H2,2-3H3,(H,26,27,28). The molecule has 1 N–H and O–H groups in total. The van der Waals surface area contributed by atoms with Crippen molar-refractivity contribution in [1.82, 2.24) is 14.8 Å². The summed E-state index contributed by atoms with van der Waals surface area (Å²) in [4.78, 5) is 17.6. The van der Waals surface area contributed by atoms with Gasteiger partial charge in [0.15, 0.2) is 0 Å². The Labute approximate surface area is 197 Å². The molecule has 0 saturated carbocycles. The summed E-state index contributed by atoms with van der Waals surface area (Å²) in [5, 5.41) is 8.52. The van der Waals surface area contributed by atoms with Crippen LogP contribution >= 0.6 is 11.8 Å². The van der Waals surface area contributed by atoms with Gasteiger partial charge in [0, 0.05) is 5.70 Å². The second kappa shape index (κ2) is 10.4. The van der Waals surface area contributed by atoms with Gasteiger partial charge in [0.1, 0.15) is 25.0 Å². The number of allylic oxidation sites excluding steroid dienone is 1. The van der Waals surface area contributed by atoms with Crippen molar-refractivity contribution in [3.8, 4) is 5.75 Å². The first-order valence-electron chi connectivity index (χ1n) is 10.7. The molecule has 4 rings (SSSR count). The zero-order chi connectivity index (χ0) is 23.2. The van der Waals surface area contributed by atoms with E-state index >= 15 is 0 Å². The molecular formula is C25H26N4O3S. The summed E-state index contributed by atoms with van der Waals surface area (Å²) < 4.78 is 13.2. The van der Waals surface area contributed by atoms with Crippen LogP contribution in [0.5, 0.6) is 5.75 Å². The molecule has 2 aromatic carbocycles. The quantitative estimate of drug-likeness (QED) is 0.273. The molecule has 170 valence electrons. The third kappa shape index (κ3) is 5.12. The van der Waals surface area contributed by atoms with E-state index < -0.39 is 12.0 Å². The smallest absolute Gasteiger partial charge is 0.338 e. The number of fused-ring (bicyclic) bond motifs is 1. The summed E-state index contributed by atoms with van der Waals surface area (Å²) in [6.07, 6.45) is 1.55. The first-order chi connectivity index (χ1) is 16.1. The molecule has 0 saturated heterocycles. The molecule has 1 atom stereocenters. The molecule has 8 heteroatoms. The Bertz CT molecular complexity index is 1170. The maximum absolute atomic E-state index is 13.0. The fourth-order valence-corrected chi connectivity index (χ4v) is 4.18. The van der Waals surface area contributed by atoms with Crippen LogP contribution in [-0.4, -0.2) is 33.1 Å². The van der Waals surface area contributed by atoms with Gasteiger partial charge in [-0.05, 0) is 35.9 Å². The van der Waals surface area contributed by atoms with Crippen LogP contribution in [0.15, 0.2) is 83.7 Å². The Morgan fingerprint density at radius 3 is 2.82 bits per heavy atom. The van der Waals surface area contributed by atoms with Gasteiger partial charge in [0.25, 0.3) is 0 Å². The molecule has 0 amide bonds. The van der Waals surface area contributed by atoms with Crippen molar-refractivity contribution >= 4 is 23.7 Å². The number of hydrogen-bond donors (Lipinski definition) is 1. The van der Waals surface area contributed by atoms with E-state index in [4.69, 9.17) is 9.47 Å². The van der Waals surface area contributed by atoms with Crippen LogP contribution in [0.4, 0.5) is 5.95 Å². The summed E-state index contributed by atoms with van der Waals surface area (Å²) in [5.74, 6) is 1.71. The highest BCUT2D eigenvalue weighted by Crippen LogP contribution is 2.37. The number of hydrogen-bond acceptors (Lipinski definition) is 7. The second-order valence-corrected chi connectivity index (χ2v) is 8.63. The number of rotatable bonds is 9. The maximum Gasteiger partial charge on any atom is 0.338 e. The predicted octanol–water partition coefficient (Wildman–Crippen LogP) is 4.99. The van der Waals surface area contributed by atoms with E-state index in [-0.39, 0.29) is 6.61 Å². The molecule has 0 aliphatic carbocycles. The third-order valence-corrected chi connectivity index (χ3v) is 5.80. The maximum atomic E-state index is 13.0. The highest BCUT2D eigenvalue weighted by Gasteiger charge is 2.35. The Hall–Kier alpha value is -3.52. The van der Waals surface area contributed by atoms with Gasteiger partial charge in [-0.1, -0.05) is 73.8 Å². The number of benzene rings is 2. The van der Waals surface area contributed by atoms with Gasteiger partial charge in [0.05, 0.1) is 5.57 Å². The number of thioether (sulfide) groups is 1. The van der Waals surface area contributed by atoms with E-state index in [9.17, 15) is 4.79 Å². The Balaban J connectivity index is 1.70. The first kappa shape index (κ1) is 22.7. The van der Waals surface area contributed by atoms with E-state index in [2.05, 4.69) is 22.0 Å². The lowest BCUT2D eigenvalue weighted by molar-refractivity contribution is -0.138. The second-order valence-electron chi connectivity index (χ2n) is 7.40. The fourth-order valence-electron chi connectivity index (χ4n) is 3.62. The van der Waals surface area contributed by atoms with Crippen LogP contribution in [0.1, 0.15) is 31.0 Å². The highest BCUT2D eigenvalue weighted by molar-refractivity contribution is 7.99. The normalized spacial score (nSPS) is 14.9. The summed E-state index contributed by atoms with van der Waals surface area (Å²) >= 11 is 1.54. The third-order valence-electron chi connectivity index (χ3n) is 5.08. The molecule has 1 aromatic heterocycles. The molecule has 0 bridgehead atoms. The number of nitrogens with one attached hydrogen (secondary N) is 1. The van der Waals surface area contributed by atoms with E-state index in [1.54, 1.807) is 22.5 Å². The van der Waals surface area contributed by atoms with E-state index in [0.29, 0.717) is 34.7 Å². The lowest BCUT2D eigenvalue weighted by Crippen LogP contribution is -2.29. The number of aromatic nitrogens is 3. The Kier molecular flexibility index (Phi) is 7.14. The largest absolute Gasteiger partial charge is 0.489 e. The van der Waals surface area contributed by atoms with Gasteiger partial charge >= 0.3 is 5.97 Å². The SMILES string of the molecule is C=CCOC(=O)C1=C(C)Nc2nc(SCC)nn2C1c1cccc(OCc2ccccc2)c1. The molecule has 7 nitrogen and oxygen atoms in total. The van der Waals surface area contributed by atoms with Crippen LogP contribution in [0.25, 0.3) is 0 Å². The minimum Gasteiger partial charge on any atom is -0.489 e. The van der Waals surface area contributed by atoms with Crippen molar-refractivity contribution in [1.29, 1.82) is 0 Å². The van der Waals surface area contributed by atoms with Crippen molar-refractivity contribution in [3.63, 3.8) is 0 Å². The molecule has 0 fully saturated rings. The molecule has 1 aliphatic rings. The molecule has 1 unspecified atom stereocenters. The molecule has 2 heterocycles. The van der Waals surface area contributed by atoms with Crippen LogP contribution in [0.2, 0.25) is 0 Å². The van der Waals surface area contributed by atoms with Crippen LogP contribution in [-0.2, 0) is 16.1 Å². The van der Waals surface area contributed by atoms with Crippen molar-refractivity contribution in [2.45, 2.75) is 31.7 Å². The van der Waals surface area contributed by atoms with Crippen LogP contribution in [0, 0.1) is 0 Å². The van der Waals surface area contributed by atoms with E-state index in [0.717, 1.165) is 16.9 Å². The van der Waals surface area contributed by atoms with Crippen LogP contribution in [0.3, 0.4) is 0 Å². The molecule has 0 radical (unpaired) electrons. The predicted molar refractivity (Wildman–Crippen MR) is 129 cm³/mol. The van der Waals surface area contributed by atoms with Crippen molar-refractivity contribution in [3.05, 3.63) is 89.6 Å². The first-order valence-corrected chi connectivity index (χ1v) is 11.7. The van der Waals surface area contributed by atoms with Crippen LogP contribution < -0.4 is 10.1 Å². The van der Waals surface area contributed by atoms with Gasteiger partial charge in [-0.2, -0.15) is 4.98 Å². The van der Waals surface area contributed by atoms with Gasteiger partial charge < -0.3 is 14.8 Å². The van der Waals surface area contributed by atoms with E-state index in [1.165, 1.54) is 0 Å². The average molecular weight is 463 g/mol. The number of anilines is 1. The van der Waals surface area contributed by atoms with Gasteiger partial charge in [-0.25, -0.2) is 9.48 Å².